The molecule has 2 unspecified atom stereocenters. The molecule has 0 saturated carbocycles. The number of hydrogen-bond acceptors (Lipinski definition) is 0. The van der Waals surface area contributed by atoms with E-state index in [-0.39, 0.29) is 16.7 Å². The van der Waals surface area contributed by atoms with E-state index in [0.717, 1.165) is 0 Å². The summed E-state index contributed by atoms with van der Waals surface area (Å²) in [6.45, 7) is 5.09. The lowest BCUT2D eigenvalue weighted by Gasteiger charge is -2.48. The second kappa shape index (κ2) is 13.7. The molecule has 0 aliphatic carbocycles. The zero-order valence-electron chi connectivity index (χ0n) is 24.9. The minimum Gasteiger partial charge on any atom is -0.0622 e. The molecule has 0 spiro atoms. The molecule has 6 aromatic rings. The first-order chi connectivity index (χ1) is 21.1. The average molecular weight is 593 g/mol. The van der Waals surface area contributed by atoms with Gasteiger partial charge in [0.1, 0.15) is 0 Å². The SMILES string of the molecule is CC(C)(C(c1ccccc1)P(c1ccccc1)c1ccccc1)C(c1ccccc1)P(c1ccccc1)c1ccccc1. The Morgan fingerprint density at radius 2 is 0.535 bits per heavy atom. The fourth-order valence-electron chi connectivity index (χ4n) is 6.49. The lowest BCUT2D eigenvalue weighted by atomic mass is 9.79. The van der Waals surface area contributed by atoms with Crippen LogP contribution in [0.1, 0.15) is 36.3 Å². The molecule has 0 aliphatic rings. The van der Waals surface area contributed by atoms with E-state index >= 15 is 0 Å². The smallest absolute Gasteiger partial charge is 0.0183 e. The van der Waals surface area contributed by atoms with Gasteiger partial charge in [-0.05, 0) is 53.6 Å². The topological polar surface area (TPSA) is 0 Å². The number of hydrogen-bond donors (Lipinski definition) is 0. The van der Waals surface area contributed by atoms with Crippen LogP contribution < -0.4 is 21.2 Å². The number of rotatable bonds is 10. The fourth-order valence-corrected chi connectivity index (χ4v) is 12.9. The molecule has 0 bridgehead atoms. The Morgan fingerprint density at radius 3 is 0.767 bits per heavy atom. The van der Waals surface area contributed by atoms with Gasteiger partial charge in [-0.15, -0.1) is 0 Å². The van der Waals surface area contributed by atoms with Crippen LogP contribution in [-0.2, 0) is 0 Å². The summed E-state index contributed by atoms with van der Waals surface area (Å²) < 4.78 is 0. The van der Waals surface area contributed by atoms with Crippen LogP contribution in [-0.4, -0.2) is 0 Å². The van der Waals surface area contributed by atoms with E-state index in [2.05, 4.69) is 196 Å². The molecule has 0 fully saturated rings. The molecule has 0 radical (unpaired) electrons. The van der Waals surface area contributed by atoms with Crippen LogP contribution in [0.15, 0.2) is 182 Å². The van der Waals surface area contributed by atoms with E-state index in [1.165, 1.54) is 32.3 Å². The van der Waals surface area contributed by atoms with Crippen molar-refractivity contribution in [2.75, 3.05) is 0 Å². The van der Waals surface area contributed by atoms with Gasteiger partial charge in [-0.1, -0.05) is 196 Å². The van der Waals surface area contributed by atoms with Crippen molar-refractivity contribution in [1.82, 2.24) is 0 Å². The number of benzene rings is 6. The van der Waals surface area contributed by atoms with Crippen molar-refractivity contribution in [2.24, 2.45) is 5.41 Å². The molecule has 6 rings (SSSR count). The van der Waals surface area contributed by atoms with Crippen LogP contribution in [0.5, 0.6) is 0 Å². The highest BCUT2D eigenvalue weighted by atomic mass is 31.1. The molecule has 2 atom stereocenters. The molecule has 0 saturated heterocycles. The summed E-state index contributed by atoms with van der Waals surface area (Å²) >= 11 is 0. The quantitative estimate of drug-likeness (QED) is 0.139. The molecule has 0 heterocycles. The lowest BCUT2D eigenvalue weighted by Crippen LogP contribution is -2.35. The van der Waals surface area contributed by atoms with Gasteiger partial charge in [0.2, 0.25) is 0 Å². The van der Waals surface area contributed by atoms with E-state index < -0.39 is 15.8 Å². The summed E-state index contributed by atoms with van der Waals surface area (Å²) in [5, 5.41) is 5.67. The maximum absolute atomic E-state index is 2.55. The van der Waals surface area contributed by atoms with Gasteiger partial charge in [-0.2, -0.15) is 0 Å². The van der Waals surface area contributed by atoms with Gasteiger partial charge >= 0.3 is 0 Å². The van der Waals surface area contributed by atoms with Gasteiger partial charge < -0.3 is 0 Å². The van der Waals surface area contributed by atoms with Crippen LogP contribution in [0.25, 0.3) is 0 Å². The molecule has 43 heavy (non-hydrogen) atoms. The lowest BCUT2D eigenvalue weighted by molar-refractivity contribution is 0.338. The molecule has 0 amide bonds. The Hall–Kier alpha value is -3.82. The van der Waals surface area contributed by atoms with E-state index in [0.29, 0.717) is 0 Å². The van der Waals surface area contributed by atoms with Crippen LogP contribution in [0.3, 0.4) is 0 Å². The first kappa shape index (κ1) is 29.3. The Kier molecular flexibility index (Phi) is 9.29. The molecule has 0 aromatic heterocycles. The molecule has 0 aliphatic heterocycles. The minimum absolute atomic E-state index is 0.141. The van der Waals surface area contributed by atoms with Crippen molar-refractivity contribution in [1.29, 1.82) is 0 Å². The summed E-state index contributed by atoms with van der Waals surface area (Å²) in [5.41, 5.74) is 3.19. The zero-order valence-corrected chi connectivity index (χ0v) is 26.7. The summed E-state index contributed by atoms with van der Waals surface area (Å²) in [7, 11) is -1.51. The average Bonchev–Trinajstić information content (AvgIpc) is 3.08. The highest BCUT2D eigenvalue weighted by molar-refractivity contribution is 7.74. The third kappa shape index (κ3) is 6.43. The van der Waals surface area contributed by atoms with Crippen molar-refractivity contribution in [3.05, 3.63) is 193 Å². The summed E-state index contributed by atoms with van der Waals surface area (Å²) in [4.78, 5) is 0. The summed E-state index contributed by atoms with van der Waals surface area (Å²) in [5.74, 6) is 0. The first-order valence-electron chi connectivity index (χ1n) is 15.0. The van der Waals surface area contributed by atoms with Gasteiger partial charge in [0, 0.05) is 11.3 Å². The normalized spacial score (nSPS) is 13.1. The molecule has 2 heteroatoms. The zero-order chi connectivity index (χ0) is 29.5. The Labute approximate surface area is 260 Å². The van der Waals surface area contributed by atoms with Crippen molar-refractivity contribution >= 4 is 37.1 Å². The van der Waals surface area contributed by atoms with E-state index in [1.54, 1.807) is 0 Å². The Morgan fingerprint density at radius 1 is 0.326 bits per heavy atom. The van der Waals surface area contributed by atoms with Crippen LogP contribution in [0, 0.1) is 5.41 Å². The van der Waals surface area contributed by atoms with Gasteiger partial charge in [0.05, 0.1) is 0 Å². The molecule has 0 N–H and O–H groups in total. The molecule has 6 aromatic carbocycles. The van der Waals surface area contributed by atoms with Crippen LogP contribution >= 0.6 is 15.8 Å². The monoisotopic (exact) mass is 592 g/mol. The summed E-state index contributed by atoms with van der Waals surface area (Å²) in [6, 6.07) is 67.6. The van der Waals surface area contributed by atoms with Gasteiger partial charge in [0.15, 0.2) is 0 Å². The van der Waals surface area contributed by atoms with Crippen LogP contribution in [0.2, 0.25) is 0 Å². The Balaban J connectivity index is 1.64. The predicted molar refractivity (Wildman–Crippen MR) is 190 cm³/mol. The van der Waals surface area contributed by atoms with Crippen LogP contribution in [0.4, 0.5) is 0 Å². The van der Waals surface area contributed by atoms with Gasteiger partial charge in [-0.25, -0.2) is 0 Å². The molecule has 0 nitrogen and oxygen atoms in total. The molecule has 212 valence electrons. The standard InChI is InChI=1S/C41H38P2/c1-41(2,39(33-21-9-3-10-22-33)42(35-25-13-5-14-26-35)36-27-15-6-16-28-36)40(34-23-11-4-12-24-34)43(37-29-17-7-18-30-37)38-31-19-8-20-32-38/h3-32,39-40H,1-2H3. The minimum atomic E-state index is -0.754. The second-order valence-corrected chi connectivity index (χ2v) is 16.1. The first-order valence-corrected chi connectivity index (χ1v) is 17.9. The van der Waals surface area contributed by atoms with Crippen molar-refractivity contribution < 1.29 is 0 Å². The van der Waals surface area contributed by atoms with Crippen molar-refractivity contribution in [3.63, 3.8) is 0 Å². The van der Waals surface area contributed by atoms with Crippen molar-refractivity contribution in [3.8, 4) is 0 Å². The fraction of sp³-hybridized carbons (Fsp3) is 0.122. The van der Waals surface area contributed by atoms with E-state index in [4.69, 9.17) is 0 Å². The third-order valence-corrected chi connectivity index (χ3v) is 14.7. The summed E-state index contributed by atoms with van der Waals surface area (Å²) in [6.07, 6.45) is 0. The van der Waals surface area contributed by atoms with Crippen molar-refractivity contribution in [2.45, 2.75) is 25.2 Å². The van der Waals surface area contributed by atoms with E-state index in [1.807, 2.05) is 0 Å². The van der Waals surface area contributed by atoms with E-state index in [9.17, 15) is 0 Å². The van der Waals surface area contributed by atoms with Gasteiger partial charge in [0.25, 0.3) is 0 Å². The maximum atomic E-state index is 2.55. The maximum Gasteiger partial charge on any atom is 0.0183 e. The highest BCUT2D eigenvalue weighted by Gasteiger charge is 2.47. The highest BCUT2D eigenvalue weighted by Crippen LogP contribution is 2.68. The van der Waals surface area contributed by atoms with Gasteiger partial charge in [-0.3, -0.25) is 0 Å². The third-order valence-electron chi connectivity index (χ3n) is 8.29. The molecular weight excluding hydrogens is 554 g/mol. The Bertz CT molecular complexity index is 1460. The second-order valence-electron chi connectivity index (χ2n) is 11.5. The predicted octanol–water partition coefficient (Wildman–Crippen LogP) is 9.76. The largest absolute Gasteiger partial charge is 0.0622 e. The molecular formula is C41H38P2.